The summed E-state index contributed by atoms with van der Waals surface area (Å²) in [5.74, 6) is 0.809. The number of anilines is 1. The van der Waals surface area contributed by atoms with E-state index < -0.39 is 0 Å². The molecule has 0 fully saturated rings. The van der Waals surface area contributed by atoms with Crippen molar-refractivity contribution in [2.75, 3.05) is 26.1 Å². The number of benzene rings is 2. The van der Waals surface area contributed by atoms with Crippen LogP contribution in [-0.2, 0) is 11.3 Å². The van der Waals surface area contributed by atoms with E-state index in [2.05, 4.69) is 10.6 Å². The minimum Gasteiger partial charge on any atom is -0.493 e. The summed E-state index contributed by atoms with van der Waals surface area (Å²) >= 11 is 0. The van der Waals surface area contributed by atoms with Crippen LogP contribution < -0.4 is 20.1 Å². The topological polar surface area (TPSA) is 59.6 Å². The van der Waals surface area contributed by atoms with Gasteiger partial charge in [-0.15, -0.1) is 0 Å². The van der Waals surface area contributed by atoms with E-state index in [1.54, 1.807) is 38.5 Å². The third kappa shape index (κ3) is 4.87. The molecule has 0 aliphatic rings. The molecule has 128 valence electrons. The van der Waals surface area contributed by atoms with Crippen molar-refractivity contribution in [3.8, 4) is 11.5 Å². The van der Waals surface area contributed by atoms with E-state index in [4.69, 9.17) is 9.47 Å². The number of nitrogens with one attached hydrogen (secondary N) is 2. The summed E-state index contributed by atoms with van der Waals surface area (Å²) in [6, 6.07) is 11.8. The summed E-state index contributed by atoms with van der Waals surface area (Å²) in [4.78, 5) is 11.9. The molecule has 0 atom stereocenters. The van der Waals surface area contributed by atoms with Gasteiger partial charge < -0.3 is 20.1 Å². The summed E-state index contributed by atoms with van der Waals surface area (Å²) in [6.07, 6.45) is 0.252. The number of amides is 1. The molecule has 0 spiro atoms. The zero-order valence-electron chi connectivity index (χ0n) is 13.8. The Kier molecular flexibility index (Phi) is 6.42. The van der Waals surface area contributed by atoms with E-state index in [9.17, 15) is 9.18 Å². The Hall–Kier alpha value is -2.76. The van der Waals surface area contributed by atoms with Gasteiger partial charge in [-0.1, -0.05) is 18.2 Å². The number of hydrogen-bond acceptors (Lipinski definition) is 4. The average Bonchev–Trinajstić information content (AvgIpc) is 2.61. The zero-order valence-corrected chi connectivity index (χ0v) is 13.8. The molecule has 0 unspecified atom stereocenters. The number of rotatable bonds is 8. The van der Waals surface area contributed by atoms with Crippen LogP contribution in [0.5, 0.6) is 11.5 Å². The normalized spacial score (nSPS) is 10.1. The minimum atomic E-state index is -0.330. The lowest BCUT2D eigenvalue weighted by molar-refractivity contribution is -0.121. The van der Waals surface area contributed by atoms with Gasteiger partial charge >= 0.3 is 0 Å². The Balaban J connectivity index is 1.78. The van der Waals surface area contributed by atoms with Crippen molar-refractivity contribution in [1.82, 2.24) is 5.32 Å². The lowest BCUT2D eigenvalue weighted by atomic mass is 10.2. The van der Waals surface area contributed by atoms with Crippen LogP contribution >= 0.6 is 0 Å². The Morgan fingerprint density at radius 1 is 1.08 bits per heavy atom. The van der Waals surface area contributed by atoms with Crippen molar-refractivity contribution in [2.45, 2.75) is 13.0 Å². The van der Waals surface area contributed by atoms with E-state index in [0.717, 1.165) is 5.56 Å². The van der Waals surface area contributed by atoms with Crippen LogP contribution in [0.4, 0.5) is 10.1 Å². The van der Waals surface area contributed by atoms with Crippen LogP contribution in [-0.4, -0.2) is 26.7 Å². The summed E-state index contributed by atoms with van der Waals surface area (Å²) in [6.45, 7) is 0.748. The fraction of sp³-hybridized carbons (Fsp3) is 0.278. The molecule has 0 heterocycles. The summed E-state index contributed by atoms with van der Waals surface area (Å²) in [7, 11) is 3.14. The Labute approximate surface area is 140 Å². The summed E-state index contributed by atoms with van der Waals surface area (Å²) in [5.41, 5.74) is 1.30. The van der Waals surface area contributed by atoms with Gasteiger partial charge in [-0.3, -0.25) is 4.79 Å². The molecular weight excluding hydrogens is 311 g/mol. The van der Waals surface area contributed by atoms with Gasteiger partial charge in [0, 0.05) is 19.5 Å². The first kappa shape index (κ1) is 17.6. The summed E-state index contributed by atoms with van der Waals surface area (Å²) < 4.78 is 23.8. The van der Waals surface area contributed by atoms with Gasteiger partial charge in [-0.05, 0) is 29.8 Å². The number of carbonyl (C=O) groups is 1. The van der Waals surface area contributed by atoms with Gasteiger partial charge in [0.2, 0.25) is 5.91 Å². The minimum absolute atomic E-state index is 0.117. The van der Waals surface area contributed by atoms with Gasteiger partial charge in [0.15, 0.2) is 11.5 Å². The van der Waals surface area contributed by atoms with Crippen LogP contribution in [0.15, 0.2) is 42.5 Å². The highest BCUT2D eigenvalue weighted by molar-refractivity contribution is 5.76. The SMILES string of the molecule is COc1ccc(CNC(=O)CCNc2ccccc2F)cc1OC. The van der Waals surface area contributed by atoms with Gasteiger partial charge in [-0.25, -0.2) is 4.39 Å². The third-order valence-corrected chi connectivity index (χ3v) is 3.48. The maximum atomic E-state index is 13.4. The van der Waals surface area contributed by atoms with E-state index >= 15 is 0 Å². The molecule has 2 aromatic carbocycles. The van der Waals surface area contributed by atoms with Crippen LogP contribution in [0, 0.1) is 5.82 Å². The predicted molar refractivity (Wildman–Crippen MR) is 90.9 cm³/mol. The molecule has 0 bridgehead atoms. The smallest absolute Gasteiger partial charge is 0.222 e. The van der Waals surface area contributed by atoms with Gasteiger partial charge in [0.05, 0.1) is 19.9 Å². The predicted octanol–water partition coefficient (Wildman–Crippen LogP) is 2.96. The van der Waals surface area contributed by atoms with Crippen LogP contribution in [0.3, 0.4) is 0 Å². The molecule has 0 saturated heterocycles. The highest BCUT2D eigenvalue weighted by Gasteiger charge is 2.07. The van der Waals surface area contributed by atoms with Crippen LogP contribution in [0.2, 0.25) is 0 Å². The molecule has 1 amide bonds. The van der Waals surface area contributed by atoms with E-state index in [0.29, 0.717) is 30.3 Å². The summed E-state index contributed by atoms with van der Waals surface area (Å²) in [5, 5.41) is 5.72. The largest absolute Gasteiger partial charge is 0.493 e. The number of ether oxygens (including phenoxy) is 2. The second kappa shape index (κ2) is 8.76. The third-order valence-electron chi connectivity index (χ3n) is 3.48. The van der Waals surface area contributed by atoms with Crippen molar-refractivity contribution < 1.29 is 18.7 Å². The zero-order chi connectivity index (χ0) is 17.4. The second-order valence-electron chi connectivity index (χ2n) is 5.12. The molecule has 0 aliphatic heterocycles. The lowest BCUT2D eigenvalue weighted by Gasteiger charge is -2.11. The standard InChI is InChI=1S/C18H21FN2O3/c1-23-16-8-7-13(11-17(16)24-2)12-21-18(22)9-10-20-15-6-4-3-5-14(15)19/h3-8,11,20H,9-10,12H2,1-2H3,(H,21,22). The molecule has 0 saturated carbocycles. The number of carbonyl (C=O) groups excluding carboxylic acids is 1. The number of para-hydroxylation sites is 1. The Morgan fingerprint density at radius 3 is 2.54 bits per heavy atom. The van der Waals surface area contributed by atoms with Crippen molar-refractivity contribution in [2.24, 2.45) is 0 Å². The van der Waals surface area contributed by atoms with Crippen molar-refractivity contribution in [1.29, 1.82) is 0 Å². The number of methoxy groups -OCH3 is 2. The molecule has 5 nitrogen and oxygen atoms in total. The lowest BCUT2D eigenvalue weighted by Crippen LogP contribution is -2.25. The number of halogens is 1. The second-order valence-corrected chi connectivity index (χ2v) is 5.12. The molecular formula is C18H21FN2O3. The van der Waals surface area contributed by atoms with E-state index in [1.807, 2.05) is 12.1 Å². The molecule has 0 aromatic heterocycles. The maximum absolute atomic E-state index is 13.4. The maximum Gasteiger partial charge on any atom is 0.222 e. The first-order valence-electron chi connectivity index (χ1n) is 7.60. The van der Waals surface area contributed by atoms with Crippen molar-refractivity contribution >= 4 is 11.6 Å². The fourth-order valence-electron chi connectivity index (χ4n) is 2.19. The average molecular weight is 332 g/mol. The van der Waals surface area contributed by atoms with Gasteiger partial charge in [-0.2, -0.15) is 0 Å². The molecule has 2 rings (SSSR count). The molecule has 0 aliphatic carbocycles. The highest BCUT2D eigenvalue weighted by atomic mass is 19.1. The number of hydrogen-bond donors (Lipinski definition) is 2. The highest BCUT2D eigenvalue weighted by Crippen LogP contribution is 2.27. The first-order valence-corrected chi connectivity index (χ1v) is 7.60. The molecule has 6 heteroatoms. The van der Waals surface area contributed by atoms with Crippen LogP contribution in [0.1, 0.15) is 12.0 Å². The molecule has 24 heavy (non-hydrogen) atoms. The molecule has 0 radical (unpaired) electrons. The fourth-order valence-corrected chi connectivity index (χ4v) is 2.19. The quantitative estimate of drug-likeness (QED) is 0.780. The molecule has 2 aromatic rings. The molecule has 2 N–H and O–H groups in total. The monoisotopic (exact) mass is 332 g/mol. The van der Waals surface area contributed by atoms with Gasteiger partial charge in [0.25, 0.3) is 0 Å². The first-order chi connectivity index (χ1) is 11.6. The Bertz CT molecular complexity index is 692. The van der Waals surface area contributed by atoms with Crippen molar-refractivity contribution in [3.63, 3.8) is 0 Å². The van der Waals surface area contributed by atoms with Crippen molar-refractivity contribution in [3.05, 3.63) is 53.8 Å². The van der Waals surface area contributed by atoms with E-state index in [1.165, 1.54) is 6.07 Å². The van der Waals surface area contributed by atoms with Gasteiger partial charge in [0.1, 0.15) is 5.82 Å². The Morgan fingerprint density at radius 2 is 1.83 bits per heavy atom. The van der Waals surface area contributed by atoms with E-state index in [-0.39, 0.29) is 18.1 Å². The van der Waals surface area contributed by atoms with Crippen LogP contribution in [0.25, 0.3) is 0 Å².